The van der Waals surface area contributed by atoms with Gasteiger partial charge < -0.3 is 4.90 Å². The topological polar surface area (TPSA) is 33.2 Å². The lowest BCUT2D eigenvalue weighted by Gasteiger charge is -2.27. The Morgan fingerprint density at radius 2 is 2.17 bits per heavy atom. The molecule has 0 aromatic carbocycles. The van der Waals surface area contributed by atoms with Crippen LogP contribution in [0.1, 0.15) is 43.1 Å². The first-order valence-electron chi connectivity index (χ1n) is 6.58. The normalized spacial score (nSPS) is 20.2. The van der Waals surface area contributed by atoms with Crippen molar-refractivity contribution in [2.45, 2.75) is 34.1 Å². The van der Waals surface area contributed by atoms with Crippen LogP contribution in [0.25, 0.3) is 0 Å². The quantitative estimate of drug-likeness (QED) is 0.752. The zero-order chi connectivity index (χ0) is 13.3. The van der Waals surface area contributed by atoms with Crippen molar-refractivity contribution in [3.8, 4) is 0 Å². The van der Waals surface area contributed by atoms with Crippen molar-refractivity contribution >= 4 is 12.1 Å². The van der Waals surface area contributed by atoms with Gasteiger partial charge in [0.1, 0.15) is 5.82 Å². The van der Waals surface area contributed by atoms with E-state index in [9.17, 15) is 4.79 Å². The number of carbonyl (C=O) groups is 1. The Hall–Kier alpha value is -1.38. The smallest absolute Gasteiger partial charge is 0.151 e. The molecule has 1 unspecified atom stereocenters. The van der Waals surface area contributed by atoms with Crippen LogP contribution in [0.4, 0.5) is 5.82 Å². The van der Waals surface area contributed by atoms with Gasteiger partial charge in [0.2, 0.25) is 0 Å². The first-order valence-corrected chi connectivity index (χ1v) is 6.58. The number of aldehydes is 1. The van der Waals surface area contributed by atoms with Gasteiger partial charge in [-0.2, -0.15) is 0 Å². The van der Waals surface area contributed by atoms with Crippen LogP contribution in [0.15, 0.2) is 12.3 Å². The van der Waals surface area contributed by atoms with Crippen LogP contribution in [0.2, 0.25) is 0 Å². The van der Waals surface area contributed by atoms with Gasteiger partial charge in [0.25, 0.3) is 0 Å². The molecule has 1 atom stereocenters. The number of rotatable bonds is 2. The highest BCUT2D eigenvalue weighted by Crippen LogP contribution is 2.35. The average molecular weight is 246 g/mol. The van der Waals surface area contributed by atoms with E-state index >= 15 is 0 Å². The number of hydrogen-bond acceptors (Lipinski definition) is 3. The molecule has 0 N–H and O–H groups in total. The third kappa shape index (κ3) is 2.55. The average Bonchev–Trinajstić information content (AvgIpc) is 2.77. The molecule has 2 rings (SSSR count). The van der Waals surface area contributed by atoms with Crippen molar-refractivity contribution in [1.29, 1.82) is 0 Å². The molecule has 3 nitrogen and oxygen atoms in total. The highest BCUT2D eigenvalue weighted by atomic mass is 16.1. The SMILES string of the molecule is Cc1cc(C=O)cnc1N1CCC(C(C)(C)C)C1. The summed E-state index contributed by atoms with van der Waals surface area (Å²) in [4.78, 5) is 17.5. The van der Waals surface area contributed by atoms with Crippen molar-refractivity contribution in [3.63, 3.8) is 0 Å². The molecule has 1 fully saturated rings. The monoisotopic (exact) mass is 246 g/mol. The molecule has 1 aliphatic rings. The molecule has 0 aliphatic carbocycles. The largest absolute Gasteiger partial charge is 0.356 e. The summed E-state index contributed by atoms with van der Waals surface area (Å²) in [5, 5.41) is 0. The Bertz CT molecular complexity index is 448. The summed E-state index contributed by atoms with van der Waals surface area (Å²) in [5.41, 5.74) is 2.10. The van der Waals surface area contributed by atoms with E-state index in [1.807, 2.05) is 13.0 Å². The van der Waals surface area contributed by atoms with Crippen molar-refractivity contribution in [1.82, 2.24) is 4.98 Å². The minimum absolute atomic E-state index is 0.353. The number of pyridine rings is 1. The molecule has 98 valence electrons. The standard InChI is InChI=1S/C15H22N2O/c1-11-7-12(10-18)8-16-14(11)17-6-5-13(9-17)15(2,3)4/h7-8,10,13H,5-6,9H2,1-4H3. The fourth-order valence-corrected chi connectivity index (χ4v) is 2.64. The van der Waals surface area contributed by atoms with Crippen LogP contribution in [0.3, 0.4) is 0 Å². The minimum Gasteiger partial charge on any atom is -0.356 e. The lowest BCUT2D eigenvalue weighted by molar-refractivity contribution is 0.112. The molecule has 1 aromatic rings. The van der Waals surface area contributed by atoms with Gasteiger partial charge in [-0.15, -0.1) is 0 Å². The maximum atomic E-state index is 10.7. The first-order chi connectivity index (χ1) is 8.41. The van der Waals surface area contributed by atoms with Gasteiger partial charge >= 0.3 is 0 Å². The lowest BCUT2D eigenvalue weighted by Crippen LogP contribution is -2.26. The number of aryl methyl sites for hydroxylation is 1. The first kappa shape index (κ1) is 13.1. The fraction of sp³-hybridized carbons (Fsp3) is 0.600. The number of hydrogen-bond donors (Lipinski definition) is 0. The summed E-state index contributed by atoms with van der Waals surface area (Å²) < 4.78 is 0. The van der Waals surface area contributed by atoms with Crippen LogP contribution in [-0.4, -0.2) is 24.4 Å². The van der Waals surface area contributed by atoms with Crippen LogP contribution < -0.4 is 4.90 Å². The van der Waals surface area contributed by atoms with Crippen molar-refractivity contribution in [2.75, 3.05) is 18.0 Å². The third-order valence-electron chi connectivity index (χ3n) is 3.92. The molecular weight excluding hydrogens is 224 g/mol. The zero-order valence-corrected chi connectivity index (χ0v) is 11.7. The highest BCUT2D eigenvalue weighted by Gasteiger charge is 2.32. The van der Waals surface area contributed by atoms with Gasteiger partial charge in [-0.25, -0.2) is 4.98 Å². The fourth-order valence-electron chi connectivity index (χ4n) is 2.64. The maximum Gasteiger partial charge on any atom is 0.151 e. The molecule has 0 saturated carbocycles. The van der Waals surface area contributed by atoms with Crippen LogP contribution in [0.5, 0.6) is 0 Å². The Labute approximate surface area is 109 Å². The molecule has 1 saturated heterocycles. The second-order valence-corrected chi connectivity index (χ2v) is 6.32. The Balaban J connectivity index is 2.17. The van der Waals surface area contributed by atoms with E-state index in [1.54, 1.807) is 6.20 Å². The molecule has 1 aliphatic heterocycles. The van der Waals surface area contributed by atoms with Crippen molar-refractivity contribution in [3.05, 3.63) is 23.4 Å². The minimum atomic E-state index is 0.353. The summed E-state index contributed by atoms with van der Waals surface area (Å²) in [6.45, 7) is 11.1. The van der Waals surface area contributed by atoms with Gasteiger partial charge in [-0.3, -0.25) is 4.79 Å². The summed E-state index contributed by atoms with van der Waals surface area (Å²) >= 11 is 0. The summed E-state index contributed by atoms with van der Waals surface area (Å²) in [5.74, 6) is 1.75. The second-order valence-electron chi connectivity index (χ2n) is 6.32. The summed E-state index contributed by atoms with van der Waals surface area (Å²) in [6.07, 6.45) is 3.74. The summed E-state index contributed by atoms with van der Waals surface area (Å²) in [6, 6.07) is 1.92. The number of aromatic nitrogens is 1. The van der Waals surface area contributed by atoms with E-state index in [-0.39, 0.29) is 0 Å². The van der Waals surface area contributed by atoms with E-state index in [0.29, 0.717) is 16.9 Å². The Kier molecular flexibility index (Phi) is 3.42. The highest BCUT2D eigenvalue weighted by molar-refractivity contribution is 5.75. The lowest BCUT2D eigenvalue weighted by atomic mass is 9.80. The molecule has 0 amide bonds. The van der Waals surface area contributed by atoms with Crippen molar-refractivity contribution in [2.24, 2.45) is 11.3 Å². The zero-order valence-electron chi connectivity index (χ0n) is 11.7. The molecular formula is C15H22N2O. The summed E-state index contributed by atoms with van der Waals surface area (Å²) in [7, 11) is 0. The molecule has 1 aromatic heterocycles. The Morgan fingerprint density at radius 3 is 2.67 bits per heavy atom. The van der Waals surface area contributed by atoms with Gasteiger partial charge in [-0.1, -0.05) is 20.8 Å². The number of anilines is 1. The molecule has 18 heavy (non-hydrogen) atoms. The van der Waals surface area contributed by atoms with Gasteiger partial charge in [0.15, 0.2) is 6.29 Å². The molecule has 0 bridgehead atoms. The van der Waals surface area contributed by atoms with E-state index in [1.165, 1.54) is 6.42 Å². The van der Waals surface area contributed by atoms with E-state index in [4.69, 9.17) is 0 Å². The molecule has 2 heterocycles. The van der Waals surface area contributed by atoms with Crippen LogP contribution >= 0.6 is 0 Å². The van der Waals surface area contributed by atoms with Gasteiger partial charge in [-0.05, 0) is 36.3 Å². The predicted octanol–water partition coefficient (Wildman–Crippen LogP) is 3.07. The number of nitrogens with zero attached hydrogens (tertiary/aromatic N) is 2. The molecule has 0 spiro atoms. The van der Waals surface area contributed by atoms with E-state index in [2.05, 4.69) is 30.7 Å². The van der Waals surface area contributed by atoms with Gasteiger partial charge in [0, 0.05) is 24.8 Å². The van der Waals surface area contributed by atoms with Crippen LogP contribution in [0, 0.1) is 18.3 Å². The van der Waals surface area contributed by atoms with E-state index < -0.39 is 0 Å². The van der Waals surface area contributed by atoms with Crippen molar-refractivity contribution < 1.29 is 4.79 Å². The Morgan fingerprint density at radius 1 is 1.44 bits per heavy atom. The number of carbonyl (C=O) groups excluding carboxylic acids is 1. The second kappa shape index (κ2) is 4.71. The van der Waals surface area contributed by atoms with Crippen LogP contribution in [-0.2, 0) is 0 Å². The molecule has 0 radical (unpaired) electrons. The molecule has 3 heteroatoms. The van der Waals surface area contributed by atoms with Gasteiger partial charge in [0.05, 0.1) is 0 Å². The van der Waals surface area contributed by atoms with E-state index in [0.717, 1.165) is 30.8 Å². The predicted molar refractivity (Wildman–Crippen MR) is 74.1 cm³/mol. The third-order valence-corrected chi connectivity index (χ3v) is 3.92. The maximum absolute atomic E-state index is 10.7.